The van der Waals surface area contributed by atoms with Crippen LogP contribution in [0.15, 0.2) is 6.20 Å². The standard InChI is InChI=1S/C15H24N6O/c1-2-21(11-5-7-17-8-6-11)15-18-9-12(13(16)22)14(20-15)19-10-3-4-10/h9-11,17H,2-8H2,1H3,(H2,16,22)(H,18,19,20). The number of primary amides is 1. The van der Waals surface area contributed by atoms with E-state index in [0.717, 1.165) is 45.3 Å². The second-order valence-corrected chi connectivity index (χ2v) is 5.98. The number of carbonyl (C=O) groups is 1. The Morgan fingerprint density at radius 1 is 1.41 bits per heavy atom. The first kappa shape index (κ1) is 15.0. The number of piperidine rings is 1. The summed E-state index contributed by atoms with van der Waals surface area (Å²) in [5.41, 5.74) is 5.80. The summed E-state index contributed by atoms with van der Waals surface area (Å²) < 4.78 is 0. The molecule has 1 saturated heterocycles. The molecule has 2 heterocycles. The number of rotatable bonds is 6. The molecule has 0 radical (unpaired) electrons. The van der Waals surface area contributed by atoms with E-state index in [9.17, 15) is 4.79 Å². The molecule has 2 aliphatic rings. The van der Waals surface area contributed by atoms with Crippen molar-refractivity contribution in [3.8, 4) is 0 Å². The Bertz CT molecular complexity index is 539. The largest absolute Gasteiger partial charge is 0.367 e. The van der Waals surface area contributed by atoms with Crippen LogP contribution in [0.2, 0.25) is 0 Å². The molecule has 2 fully saturated rings. The van der Waals surface area contributed by atoms with Gasteiger partial charge in [0, 0.05) is 24.8 Å². The van der Waals surface area contributed by atoms with E-state index >= 15 is 0 Å². The lowest BCUT2D eigenvalue weighted by Crippen LogP contribution is -2.44. The van der Waals surface area contributed by atoms with E-state index in [1.807, 2.05) is 0 Å². The zero-order valence-corrected chi connectivity index (χ0v) is 13.0. The van der Waals surface area contributed by atoms with Gasteiger partial charge < -0.3 is 21.3 Å². The zero-order valence-electron chi connectivity index (χ0n) is 13.0. The summed E-state index contributed by atoms with van der Waals surface area (Å²) in [5, 5.41) is 6.67. The lowest BCUT2D eigenvalue weighted by atomic mass is 10.1. The number of hydrogen-bond acceptors (Lipinski definition) is 6. The predicted octanol–water partition coefficient (Wildman–Crippen LogP) is 0.728. The predicted molar refractivity (Wildman–Crippen MR) is 86.1 cm³/mol. The number of aromatic nitrogens is 2. The van der Waals surface area contributed by atoms with Gasteiger partial charge in [-0.3, -0.25) is 4.79 Å². The molecule has 7 heteroatoms. The number of nitrogens with two attached hydrogens (primary N) is 1. The molecule has 1 amide bonds. The van der Waals surface area contributed by atoms with Gasteiger partial charge in [0.15, 0.2) is 0 Å². The van der Waals surface area contributed by atoms with Crippen molar-refractivity contribution < 1.29 is 4.79 Å². The van der Waals surface area contributed by atoms with Crippen LogP contribution in [0.1, 0.15) is 43.0 Å². The van der Waals surface area contributed by atoms with Crippen LogP contribution in [0.25, 0.3) is 0 Å². The van der Waals surface area contributed by atoms with Crippen molar-refractivity contribution in [3.63, 3.8) is 0 Å². The smallest absolute Gasteiger partial charge is 0.254 e. The van der Waals surface area contributed by atoms with Crippen LogP contribution in [0.3, 0.4) is 0 Å². The van der Waals surface area contributed by atoms with Gasteiger partial charge in [-0.1, -0.05) is 0 Å². The molecular weight excluding hydrogens is 280 g/mol. The number of nitrogens with zero attached hydrogens (tertiary/aromatic N) is 3. The van der Waals surface area contributed by atoms with Gasteiger partial charge >= 0.3 is 0 Å². The maximum atomic E-state index is 11.6. The van der Waals surface area contributed by atoms with Gasteiger partial charge in [0.05, 0.1) is 5.56 Å². The van der Waals surface area contributed by atoms with Crippen molar-refractivity contribution in [2.75, 3.05) is 29.9 Å². The molecule has 1 aliphatic carbocycles. The summed E-state index contributed by atoms with van der Waals surface area (Å²) in [6.07, 6.45) is 5.95. The first-order valence-electron chi connectivity index (χ1n) is 8.09. The van der Waals surface area contributed by atoms with E-state index in [1.54, 1.807) is 6.20 Å². The molecule has 0 atom stereocenters. The molecular formula is C15H24N6O. The first-order chi connectivity index (χ1) is 10.7. The second-order valence-electron chi connectivity index (χ2n) is 5.98. The van der Waals surface area contributed by atoms with Crippen LogP contribution in [-0.4, -0.2) is 47.6 Å². The summed E-state index contributed by atoms with van der Waals surface area (Å²) in [7, 11) is 0. The topological polar surface area (TPSA) is 96.2 Å². The van der Waals surface area contributed by atoms with Crippen LogP contribution >= 0.6 is 0 Å². The molecule has 1 saturated carbocycles. The minimum absolute atomic E-state index is 0.372. The van der Waals surface area contributed by atoms with E-state index in [-0.39, 0.29) is 0 Å². The zero-order chi connectivity index (χ0) is 15.5. The molecule has 3 rings (SSSR count). The number of anilines is 2. The van der Waals surface area contributed by atoms with E-state index in [2.05, 4.69) is 32.4 Å². The van der Waals surface area contributed by atoms with Crippen molar-refractivity contribution in [1.29, 1.82) is 0 Å². The van der Waals surface area contributed by atoms with Gasteiger partial charge in [0.2, 0.25) is 5.95 Å². The minimum atomic E-state index is -0.486. The number of amides is 1. The van der Waals surface area contributed by atoms with E-state index < -0.39 is 5.91 Å². The SMILES string of the molecule is CCN(c1ncc(C(N)=O)c(NC2CC2)n1)C1CCNCC1. The van der Waals surface area contributed by atoms with Crippen molar-refractivity contribution in [1.82, 2.24) is 15.3 Å². The maximum absolute atomic E-state index is 11.6. The molecule has 4 N–H and O–H groups in total. The van der Waals surface area contributed by atoms with Gasteiger partial charge in [-0.05, 0) is 45.7 Å². The average Bonchev–Trinajstić information content (AvgIpc) is 3.33. The third kappa shape index (κ3) is 3.30. The van der Waals surface area contributed by atoms with Crippen LogP contribution in [0.4, 0.5) is 11.8 Å². The fourth-order valence-electron chi connectivity index (χ4n) is 2.90. The molecule has 1 aromatic rings. The number of nitrogens with one attached hydrogen (secondary N) is 2. The highest BCUT2D eigenvalue weighted by Gasteiger charge is 2.26. The molecule has 7 nitrogen and oxygen atoms in total. The van der Waals surface area contributed by atoms with Gasteiger partial charge in [0.1, 0.15) is 5.82 Å². The first-order valence-corrected chi connectivity index (χ1v) is 8.09. The van der Waals surface area contributed by atoms with Gasteiger partial charge in [0.25, 0.3) is 5.91 Å². The van der Waals surface area contributed by atoms with Crippen LogP contribution < -0.4 is 21.3 Å². The van der Waals surface area contributed by atoms with Crippen molar-refractivity contribution in [3.05, 3.63) is 11.8 Å². The van der Waals surface area contributed by atoms with Gasteiger partial charge in [-0.2, -0.15) is 4.98 Å². The Hall–Kier alpha value is -1.89. The lowest BCUT2D eigenvalue weighted by molar-refractivity contribution is 0.100. The van der Waals surface area contributed by atoms with Gasteiger partial charge in [-0.15, -0.1) is 0 Å². The van der Waals surface area contributed by atoms with Gasteiger partial charge in [-0.25, -0.2) is 4.98 Å². The maximum Gasteiger partial charge on any atom is 0.254 e. The summed E-state index contributed by atoms with van der Waals surface area (Å²) in [6, 6.07) is 0.856. The van der Waals surface area contributed by atoms with E-state index in [4.69, 9.17) is 5.73 Å². The van der Waals surface area contributed by atoms with Crippen LogP contribution in [0, 0.1) is 0 Å². The lowest BCUT2D eigenvalue weighted by Gasteiger charge is -2.34. The Morgan fingerprint density at radius 2 is 2.14 bits per heavy atom. The van der Waals surface area contributed by atoms with Crippen molar-refractivity contribution in [2.24, 2.45) is 5.73 Å². The Morgan fingerprint density at radius 3 is 2.73 bits per heavy atom. The summed E-state index contributed by atoms with van der Waals surface area (Å²) in [5.74, 6) is 0.773. The van der Waals surface area contributed by atoms with Crippen molar-refractivity contribution in [2.45, 2.75) is 44.7 Å². The number of carbonyl (C=O) groups excluding carboxylic acids is 1. The molecule has 0 spiro atoms. The minimum Gasteiger partial charge on any atom is -0.367 e. The highest BCUT2D eigenvalue weighted by molar-refractivity contribution is 5.97. The summed E-state index contributed by atoms with van der Waals surface area (Å²) in [4.78, 5) is 22.8. The third-order valence-corrected chi connectivity index (χ3v) is 4.31. The second kappa shape index (κ2) is 6.48. The van der Waals surface area contributed by atoms with E-state index in [0.29, 0.717) is 29.4 Å². The summed E-state index contributed by atoms with van der Waals surface area (Å²) in [6.45, 7) is 5.01. The summed E-state index contributed by atoms with van der Waals surface area (Å²) >= 11 is 0. The highest BCUT2D eigenvalue weighted by atomic mass is 16.1. The fraction of sp³-hybridized carbons (Fsp3) is 0.667. The van der Waals surface area contributed by atoms with E-state index in [1.165, 1.54) is 0 Å². The van der Waals surface area contributed by atoms with Crippen LogP contribution in [-0.2, 0) is 0 Å². The molecule has 0 bridgehead atoms. The Balaban J connectivity index is 1.86. The normalized spacial score (nSPS) is 19.0. The average molecular weight is 304 g/mol. The monoisotopic (exact) mass is 304 g/mol. The van der Waals surface area contributed by atoms with Crippen molar-refractivity contribution >= 4 is 17.7 Å². The fourth-order valence-corrected chi connectivity index (χ4v) is 2.90. The Kier molecular flexibility index (Phi) is 4.42. The number of hydrogen-bond donors (Lipinski definition) is 3. The molecule has 0 unspecified atom stereocenters. The van der Waals surface area contributed by atoms with Crippen LogP contribution in [0.5, 0.6) is 0 Å². The molecule has 22 heavy (non-hydrogen) atoms. The molecule has 0 aromatic carbocycles. The molecule has 1 aliphatic heterocycles. The quantitative estimate of drug-likeness (QED) is 0.717. The molecule has 120 valence electrons. The third-order valence-electron chi connectivity index (χ3n) is 4.31. The Labute approximate surface area is 130 Å². The highest BCUT2D eigenvalue weighted by Crippen LogP contribution is 2.27. The molecule has 1 aromatic heterocycles.